The number of nitrogens with one attached hydrogen (secondary N) is 6. The van der Waals surface area contributed by atoms with Crippen LogP contribution in [0, 0.1) is 11.8 Å². The quantitative estimate of drug-likeness (QED) is 0.0790. The predicted octanol–water partition coefficient (Wildman–Crippen LogP) is 12.3. The van der Waals surface area contributed by atoms with Gasteiger partial charge in [-0.25, -0.2) is 19.9 Å². The zero-order valence-corrected chi connectivity index (χ0v) is 38.3. The number of carbonyl (C=O) groups excluding carboxylic acids is 2. The van der Waals surface area contributed by atoms with E-state index >= 15 is 0 Å². The molecular formula is C51H66Cl2N10O2. The maximum atomic E-state index is 12.5. The number of H-pyrrole nitrogens is 2. The van der Waals surface area contributed by atoms with Crippen LogP contribution in [0.5, 0.6) is 0 Å². The first kappa shape index (κ1) is 46.3. The van der Waals surface area contributed by atoms with Crippen LogP contribution in [0.4, 0.5) is 11.9 Å². The molecular weight excluding hydrogens is 856 g/mol. The Morgan fingerprint density at radius 2 is 0.985 bits per heavy atom. The maximum absolute atomic E-state index is 12.5. The monoisotopic (exact) mass is 921 g/mol. The number of nitrogens with zero attached hydrogens (tertiary/aromatic N) is 4. The number of fused-ring (bicyclic) bond motifs is 2. The lowest BCUT2D eigenvalue weighted by atomic mass is 9.90. The molecule has 0 radical (unpaired) electrons. The molecule has 4 aliphatic carbocycles. The number of aromatic nitrogens is 6. The van der Waals surface area contributed by atoms with E-state index in [-0.39, 0.29) is 55.2 Å². The van der Waals surface area contributed by atoms with Gasteiger partial charge in [0.2, 0.25) is 23.7 Å². The van der Waals surface area contributed by atoms with E-state index in [0.717, 1.165) is 121 Å². The minimum Gasteiger partial charge on any atom is -0.360 e. The van der Waals surface area contributed by atoms with E-state index in [1.54, 1.807) is 19.3 Å². The summed E-state index contributed by atoms with van der Waals surface area (Å²) in [6.07, 6.45) is 24.2. The highest BCUT2D eigenvalue weighted by Crippen LogP contribution is 2.35. The van der Waals surface area contributed by atoms with Crippen LogP contribution in [0.3, 0.4) is 0 Å². The molecule has 0 bridgehead atoms. The number of rotatable bonds is 10. The van der Waals surface area contributed by atoms with Crippen LogP contribution in [-0.4, -0.2) is 65.9 Å². The standard InChI is InChI=1S/2C24H28ClN5O.C2H6.CH4/c2*25-20-14-27-24(30-22(20)19-13-26-21-11-4-3-10-18(19)21)29-17-9-5-8-16(12-17)28-23(31)15-6-1-2-7-15;1-2;/h2*3-4,10-11,13-17,26H,1-2,5-9,12H2,(H,28,31)(H,27,29,30);1-2H3;1H4/t2*16-,17+;;/m00../s1/i;;1D;. The second-order valence-corrected chi connectivity index (χ2v) is 18.5. The summed E-state index contributed by atoms with van der Waals surface area (Å²) >= 11 is 12.9. The molecule has 346 valence electrons. The van der Waals surface area contributed by atoms with Gasteiger partial charge < -0.3 is 31.2 Å². The van der Waals surface area contributed by atoms with Gasteiger partial charge in [-0.15, -0.1) is 0 Å². The van der Waals surface area contributed by atoms with Crippen molar-refractivity contribution in [3.63, 3.8) is 0 Å². The molecule has 4 fully saturated rings. The first-order chi connectivity index (χ1) is 31.8. The van der Waals surface area contributed by atoms with Crippen molar-refractivity contribution >= 4 is 68.7 Å². The molecule has 4 aromatic heterocycles. The predicted molar refractivity (Wildman–Crippen MR) is 266 cm³/mol. The molecule has 0 spiro atoms. The van der Waals surface area contributed by atoms with Crippen molar-refractivity contribution in [3.05, 3.63) is 83.4 Å². The third kappa shape index (κ3) is 11.8. The largest absolute Gasteiger partial charge is 0.360 e. The van der Waals surface area contributed by atoms with Gasteiger partial charge in [-0.3, -0.25) is 9.59 Å². The molecule has 6 aromatic rings. The summed E-state index contributed by atoms with van der Waals surface area (Å²) in [5, 5.41) is 16.8. The number of carbonyl (C=O) groups is 2. The molecule has 2 amide bonds. The van der Waals surface area contributed by atoms with Crippen molar-refractivity contribution < 1.29 is 11.0 Å². The Morgan fingerprint density at radius 3 is 1.40 bits per heavy atom. The van der Waals surface area contributed by atoms with Crippen LogP contribution in [0.1, 0.15) is 125 Å². The number of anilines is 2. The van der Waals surface area contributed by atoms with Crippen molar-refractivity contribution in [3.8, 4) is 22.5 Å². The van der Waals surface area contributed by atoms with Crippen LogP contribution in [0.25, 0.3) is 44.3 Å². The molecule has 12 nitrogen and oxygen atoms in total. The number of hydrogen-bond donors (Lipinski definition) is 6. The summed E-state index contributed by atoms with van der Waals surface area (Å²) in [7, 11) is 0. The summed E-state index contributed by atoms with van der Waals surface area (Å²) in [6.45, 7) is 2.29. The Hall–Kier alpha value is -5.20. The number of hydrogen-bond acceptors (Lipinski definition) is 8. The molecule has 10 rings (SSSR count). The van der Waals surface area contributed by atoms with Crippen molar-refractivity contribution in [2.75, 3.05) is 10.6 Å². The van der Waals surface area contributed by atoms with Gasteiger partial charge in [0.05, 0.1) is 33.8 Å². The summed E-state index contributed by atoms with van der Waals surface area (Å²) in [5.41, 5.74) is 5.48. The van der Waals surface area contributed by atoms with Gasteiger partial charge in [-0.1, -0.05) is 107 Å². The minimum absolute atomic E-state index is 0. The summed E-state index contributed by atoms with van der Waals surface area (Å²) in [5.74, 6) is 2.08. The second kappa shape index (κ2) is 22.8. The summed E-state index contributed by atoms with van der Waals surface area (Å²) in [4.78, 5) is 49.9. The van der Waals surface area contributed by atoms with Gasteiger partial charge in [0.1, 0.15) is 0 Å². The van der Waals surface area contributed by atoms with Crippen molar-refractivity contribution in [1.82, 2.24) is 40.5 Å². The smallest absolute Gasteiger partial charge is 0.223 e. The first-order valence-electron chi connectivity index (χ1n) is 24.1. The molecule has 2 aromatic carbocycles. The lowest BCUT2D eigenvalue weighted by Crippen LogP contribution is -2.43. The van der Waals surface area contributed by atoms with Gasteiger partial charge in [-0.05, 0) is 89.2 Å². The van der Waals surface area contributed by atoms with Crippen molar-refractivity contribution in [2.45, 2.75) is 148 Å². The Kier molecular flexibility index (Phi) is 16.3. The fraction of sp³-hybridized carbons (Fsp3) is 0.490. The molecule has 0 saturated heterocycles. The Labute approximate surface area is 395 Å². The van der Waals surface area contributed by atoms with E-state index in [1.807, 2.05) is 48.8 Å². The van der Waals surface area contributed by atoms with Crippen LogP contribution >= 0.6 is 23.2 Å². The summed E-state index contributed by atoms with van der Waals surface area (Å²) in [6, 6.07) is 17.1. The normalized spacial score (nSPS) is 21.2. The molecule has 65 heavy (non-hydrogen) atoms. The molecule has 0 aliphatic heterocycles. The van der Waals surface area contributed by atoms with E-state index in [9.17, 15) is 9.59 Å². The second-order valence-electron chi connectivity index (χ2n) is 17.7. The van der Waals surface area contributed by atoms with Crippen LogP contribution in [0.2, 0.25) is 10.0 Å². The molecule has 4 saturated carbocycles. The SMILES string of the molecule is C.O=C(N[C@H]1CCC[C@@H](Nc2ncc(Cl)c(-c3c[nH]c4ccccc34)n2)C1)C1CCCC1.O=C(N[C@H]1CCC[C@@H](Nc2ncc(Cl)c(-c3c[nH]c4ccccc34)n2)C1)C1CCCC1.[2H]CC. The van der Waals surface area contributed by atoms with E-state index in [0.29, 0.717) is 28.8 Å². The number of halogens is 2. The van der Waals surface area contributed by atoms with Gasteiger partial charge in [0.25, 0.3) is 0 Å². The van der Waals surface area contributed by atoms with Crippen molar-refractivity contribution in [1.29, 1.82) is 0 Å². The molecule has 0 unspecified atom stereocenters. The Bertz CT molecular complexity index is 2350. The highest BCUT2D eigenvalue weighted by Gasteiger charge is 2.30. The zero-order valence-electron chi connectivity index (χ0n) is 37.8. The maximum Gasteiger partial charge on any atom is 0.223 e. The molecule has 4 aliphatic rings. The van der Waals surface area contributed by atoms with E-state index in [2.05, 4.69) is 53.3 Å². The van der Waals surface area contributed by atoms with Gasteiger partial charge in [0.15, 0.2) is 0 Å². The lowest BCUT2D eigenvalue weighted by Gasteiger charge is -2.31. The number of para-hydroxylation sites is 2. The van der Waals surface area contributed by atoms with Gasteiger partial charge in [0, 0.05) is 82.7 Å². The van der Waals surface area contributed by atoms with Gasteiger partial charge in [-0.2, -0.15) is 0 Å². The Morgan fingerprint density at radius 1 is 0.600 bits per heavy atom. The molecule has 4 heterocycles. The fourth-order valence-electron chi connectivity index (χ4n) is 10.1. The lowest BCUT2D eigenvalue weighted by molar-refractivity contribution is -0.126. The van der Waals surface area contributed by atoms with Crippen molar-refractivity contribution in [2.24, 2.45) is 11.8 Å². The van der Waals surface area contributed by atoms with E-state index in [4.69, 9.17) is 34.5 Å². The van der Waals surface area contributed by atoms with Crippen LogP contribution in [0.15, 0.2) is 73.3 Å². The molecule has 6 N–H and O–H groups in total. The number of amides is 2. The average molecular weight is 923 g/mol. The minimum atomic E-state index is 0. The number of aromatic amines is 2. The fourth-order valence-corrected chi connectivity index (χ4v) is 10.5. The highest BCUT2D eigenvalue weighted by atomic mass is 35.5. The van der Waals surface area contributed by atoms with Crippen LogP contribution in [-0.2, 0) is 9.59 Å². The first-order valence-corrected chi connectivity index (χ1v) is 24.1. The van der Waals surface area contributed by atoms with E-state index < -0.39 is 0 Å². The number of benzene rings is 2. The topological polar surface area (TPSA) is 165 Å². The van der Waals surface area contributed by atoms with E-state index in [1.165, 1.54) is 25.7 Å². The Balaban J connectivity index is 0.000000183. The summed E-state index contributed by atoms with van der Waals surface area (Å²) < 4.78 is 6.21. The van der Waals surface area contributed by atoms with Crippen LogP contribution < -0.4 is 21.3 Å². The third-order valence-electron chi connectivity index (χ3n) is 13.3. The highest BCUT2D eigenvalue weighted by molar-refractivity contribution is 6.33. The molecule has 4 atom stereocenters. The third-order valence-corrected chi connectivity index (χ3v) is 13.9. The van der Waals surface area contributed by atoms with Gasteiger partial charge >= 0.3 is 0 Å². The average Bonchev–Trinajstić information content (AvgIpc) is 4.17. The zero-order chi connectivity index (χ0) is 45.1. The molecule has 14 heteroatoms.